The van der Waals surface area contributed by atoms with Crippen LogP contribution in [0.4, 0.5) is 17.5 Å². The quantitative estimate of drug-likeness (QED) is 0.139. The maximum atomic E-state index is 12.4. The molecule has 17 heteroatoms. The molecule has 0 saturated carbocycles. The van der Waals surface area contributed by atoms with Gasteiger partial charge in [-0.2, -0.15) is 9.97 Å². The van der Waals surface area contributed by atoms with Gasteiger partial charge in [-0.25, -0.2) is 9.78 Å². The molecule has 8 N–H and O–H groups in total. The van der Waals surface area contributed by atoms with Crippen molar-refractivity contribution in [3.8, 4) is 0 Å². The molecule has 1 aromatic carbocycles. The smallest absolute Gasteiger partial charge is 0.481 e. The molecule has 3 rings (SSSR count). The third kappa shape index (κ3) is 9.50. The Hall–Kier alpha value is -1.75. The average Bonchev–Trinajstić information content (AvgIpc) is 2.77. The van der Waals surface area contributed by atoms with E-state index < -0.39 is 35.9 Å². The van der Waals surface area contributed by atoms with Gasteiger partial charge >= 0.3 is 101 Å². The van der Waals surface area contributed by atoms with E-state index >= 15 is 0 Å². The minimum atomic E-state index is -1.33. The largest absolute Gasteiger partial charge is 1.00 e. The Morgan fingerprint density at radius 3 is 2.24 bits per heavy atom. The minimum Gasteiger partial charge on any atom is -0.481 e. The molecule has 0 radical (unpaired) electrons. The Bertz CT molecular complexity index is 1320. The molecule has 0 bridgehead atoms. The second-order valence-corrected chi connectivity index (χ2v) is 7.38. The van der Waals surface area contributed by atoms with Crippen LogP contribution in [0.1, 0.15) is 28.9 Å². The maximum Gasteiger partial charge on any atom is 1.00 e. The molecule has 178 valence electrons. The van der Waals surface area contributed by atoms with Crippen molar-refractivity contribution < 1.29 is 113 Å². The third-order valence-corrected chi connectivity index (χ3v) is 4.88. The number of nitrogens with one attached hydrogen (secondary N) is 2. The van der Waals surface area contributed by atoms with E-state index in [9.17, 15) is 24.3 Å². The van der Waals surface area contributed by atoms with E-state index in [4.69, 9.17) is 16.6 Å². The summed E-state index contributed by atoms with van der Waals surface area (Å²) in [6.07, 6.45) is -0.638. The van der Waals surface area contributed by atoms with Crippen molar-refractivity contribution in [2.24, 2.45) is 0 Å². The number of amides is 1. The summed E-state index contributed by atoms with van der Waals surface area (Å²) < 4.78 is 0. The number of nitrogens with zero attached hydrogens (tertiary/aromatic N) is 4. The number of nitrogens with two attached hydrogens (primary N) is 2. The molecule has 0 aliphatic rings. The van der Waals surface area contributed by atoms with Crippen LogP contribution in [-0.4, -0.2) is 61.1 Å². The first-order valence-corrected chi connectivity index (χ1v) is 9.93. The van der Waals surface area contributed by atoms with Gasteiger partial charge in [-0.3, -0.25) is 14.4 Å². The van der Waals surface area contributed by atoms with Gasteiger partial charge in [-0.05, 0) is 30.7 Å². The summed E-state index contributed by atoms with van der Waals surface area (Å²) in [4.78, 5) is 63.0. The number of benzene rings is 1. The average molecular weight is 539 g/mol. The summed E-state index contributed by atoms with van der Waals surface area (Å²) in [6.45, 7) is 0.0942. The molecule has 0 saturated heterocycles. The van der Waals surface area contributed by atoms with Crippen LogP contribution in [-0.2, 0) is 16.1 Å². The number of aromatic nitrogens is 4. The van der Waals surface area contributed by atoms with Gasteiger partial charge in [0.25, 0.3) is 11.5 Å². The van der Waals surface area contributed by atoms with Gasteiger partial charge in [0.15, 0.2) is 11.5 Å². The first kappa shape index (κ1) is 35.2. The zero-order valence-electron chi connectivity index (χ0n) is 21.0. The van der Waals surface area contributed by atoms with Crippen LogP contribution < -0.4 is 116 Å². The van der Waals surface area contributed by atoms with Crippen LogP contribution in [0.5, 0.6) is 0 Å². The number of nitrogen functional groups attached to an aromatic ring is 2. The number of aliphatic carboxylic acids is 2. The van der Waals surface area contributed by atoms with Crippen LogP contribution >= 0.6 is 0 Å². The Kier molecular flexibility index (Phi) is 14.9. The van der Waals surface area contributed by atoms with Gasteiger partial charge in [0.1, 0.15) is 17.3 Å². The number of carbonyl (C=O) groups is 3. The van der Waals surface area contributed by atoms with Crippen LogP contribution in [0.2, 0.25) is 0 Å². The van der Waals surface area contributed by atoms with Crippen molar-refractivity contribution in [1.82, 2.24) is 25.3 Å². The summed E-state index contributed by atoms with van der Waals surface area (Å²) in [6, 6.07) is 4.84. The predicted molar refractivity (Wildman–Crippen MR) is 121 cm³/mol. The number of rotatable bonds is 9. The summed E-state index contributed by atoms with van der Waals surface area (Å²) in [7, 11) is 1.70. The number of carboxylic acid groups (broad SMARTS) is 2. The fraction of sp³-hybridized carbons (Fsp3) is 0.250. The van der Waals surface area contributed by atoms with Crippen LogP contribution in [0.15, 0.2) is 29.1 Å². The van der Waals surface area contributed by atoms with Crippen molar-refractivity contribution in [2.45, 2.75) is 25.4 Å². The number of fused-ring (bicyclic) bond motifs is 1. The van der Waals surface area contributed by atoms with E-state index in [1.807, 2.05) is 0 Å². The molecule has 0 aliphatic carbocycles. The maximum absolute atomic E-state index is 12.4. The van der Waals surface area contributed by atoms with E-state index in [1.165, 1.54) is 12.1 Å². The second-order valence-electron chi connectivity index (χ2n) is 7.38. The molecule has 0 spiro atoms. The van der Waals surface area contributed by atoms with E-state index in [0.29, 0.717) is 5.69 Å². The van der Waals surface area contributed by atoms with E-state index in [-0.39, 0.29) is 136 Å². The second kappa shape index (κ2) is 15.6. The fourth-order valence-corrected chi connectivity index (χ4v) is 3.11. The van der Waals surface area contributed by atoms with Gasteiger partial charge in [0.2, 0.25) is 5.95 Å². The fourth-order valence-electron chi connectivity index (χ4n) is 3.11. The van der Waals surface area contributed by atoms with Gasteiger partial charge in [-0.15, -0.1) is 0 Å². The van der Waals surface area contributed by atoms with Gasteiger partial charge in [0.05, 0.1) is 6.54 Å². The molecule has 0 aliphatic heterocycles. The van der Waals surface area contributed by atoms with Crippen LogP contribution in [0.3, 0.4) is 0 Å². The van der Waals surface area contributed by atoms with Crippen molar-refractivity contribution in [2.75, 3.05) is 23.4 Å². The Balaban J connectivity index is 0.00000432. The van der Waals surface area contributed by atoms with Gasteiger partial charge < -0.3 is 36.9 Å². The molecule has 0 fully saturated rings. The number of carbonyl (C=O) groups excluding carboxylic acids is 1. The predicted octanol–water partition coefficient (Wildman–Crippen LogP) is -9.43. The number of aromatic amines is 1. The third-order valence-electron chi connectivity index (χ3n) is 4.88. The van der Waals surface area contributed by atoms with Crippen molar-refractivity contribution in [3.05, 3.63) is 45.9 Å². The van der Waals surface area contributed by atoms with Crippen molar-refractivity contribution in [3.63, 3.8) is 0 Å². The number of hydrogen-bond donors (Lipinski definition) is 6. The molecule has 37 heavy (non-hydrogen) atoms. The molecule has 14 nitrogen and oxygen atoms in total. The normalized spacial score (nSPS) is 10.7. The molecule has 0 unspecified atom stereocenters. The van der Waals surface area contributed by atoms with Gasteiger partial charge in [0, 0.05) is 24.7 Å². The van der Waals surface area contributed by atoms with E-state index in [0.717, 1.165) is 0 Å². The van der Waals surface area contributed by atoms with Gasteiger partial charge in [-0.1, -0.05) is 0 Å². The standard InChI is InChI=1S/C20H22N8O6.3Na/c1-28(8-12-18(32)26-16-14(23-12)15(21)25-20(22)27-16)10-4-2-9(3-5-10)17(31)24-11(19(33)34)6-7-13(29)30;;;/h2-5,11H,6-8H2,1H3,(H,24,31)(H,29,30)(H,33,34)(H5,21,22,25,26,27,32);;;/q;3*+1/t11-;;;/m0.../s1. The molecule has 2 aromatic heterocycles. The first-order chi connectivity index (χ1) is 16.0. The monoisotopic (exact) mass is 539 g/mol. The molecular formula is C20H22N8Na3O6+3. The zero-order valence-corrected chi connectivity index (χ0v) is 27.0. The number of carboxylic acids is 2. The van der Waals surface area contributed by atoms with Crippen LogP contribution in [0.25, 0.3) is 11.2 Å². The molecule has 1 amide bonds. The summed E-state index contributed by atoms with van der Waals surface area (Å²) >= 11 is 0. The molecular weight excluding hydrogens is 517 g/mol. The number of H-pyrrole nitrogens is 1. The molecule has 2 heterocycles. The SMILES string of the molecule is CN(Cc1nc2c(N)nc(N)nc2[nH]c1=O)c1ccc(C(=O)N[C@@H](CCC(=O)O)C(=O)O)cc1.[Na+].[Na+].[Na+]. The Morgan fingerprint density at radius 1 is 1.05 bits per heavy atom. The first-order valence-electron chi connectivity index (χ1n) is 9.93. The number of hydrogen-bond acceptors (Lipinski definition) is 10. The van der Waals surface area contributed by atoms with Crippen molar-refractivity contribution >= 4 is 46.5 Å². The Morgan fingerprint density at radius 2 is 1.68 bits per heavy atom. The van der Waals surface area contributed by atoms with E-state index in [2.05, 4.69) is 25.3 Å². The molecule has 3 aromatic rings. The molecule has 1 atom stereocenters. The van der Waals surface area contributed by atoms with Crippen LogP contribution in [0, 0.1) is 0 Å². The minimum absolute atomic E-state index is 0. The topological polar surface area (TPSA) is 231 Å². The Labute approximate surface area is 276 Å². The summed E-state index contributed by atoms with van der Waals surface area (Å²) in [5.41, 5.74) is 12.2. The van der Waals surface area contributed by atoms with Crippen molar-refractivity contribution in [1.29, 1.82) is 0 Å². The van der Waals surface area contributed by atoms with E-state index in [1.54, 1.807) is 24.1 Å². The summed E-state index contributed by atoms with van der Waals surface area (Å²) in [5.74, 6) is -3.21. The zero-order chi connectivity index (χ0) is 25.0. The number of anilines is 3. The summed E-state index contributed by atoms with van der Waals surface area (Å²) in [5, 5.41) is 20.2.